The van der Waals surface area contributed by atoms with E-state index in [1.807, 2.05) is 38.1 Å². The highest BCUT2D eigenvalue weighted by Gasteiger charge is 2.33. The molecule has 1 aliphatic heterocycles. The summed E-state index contributed by atoms with van der Waals surface area (Å²) in [6.45, 7) is 7.35. The summed E-state index contributed by atoms with van der Waals surface area (Å²) >= 11 is 1.61. The number of likely N-dealkylation sites (N-methyl/N-ethyl adjacent to an activating group) is 1. The summed E-state index contributed by atoms with van der Waals surface area (Å²) in [6, 6.07) is 2.28. The number of rotatable bonds is 5. The Morgan fingerprint density at radius 3 is 2.81 bits per heavy atom. The summed E-state index contributed by atoms with van der Waals surface area (Å²) in [5.74, 6) is 0.558. The Balaban J connectivity index is 1.76. The van der Waals surface area contributed by atoms with E-state index in [-0.39, 0.29) is 6.04 Å². The topological polar surface area (TPSA) is 68.9 Å². The van der Waals surface area contributed by atoms with E-state index in [1.165, 1.54) is 0 Å². The van der Waals surface area contributed by atoms with Gasteiger partial charge in [0.05, 0.1) is 16.4 Å². The quantitative estimate of drug-likeness (QED) is 0.802. The third-order valence-electron chi connectivity index (χ3n) is 4.90. The van der Waals surface area contributed by atoms with Gasteiger partial charge >= 0.3 is 0 Å². The molecule has 0 radical (unpaired) electrons. The van der Waals surface area contributed by atoms with Crippen molar-refractivity contribution in [2.45, 2.75) is 46.0 Å². The summed E-state index contributed by atoms with van der Waals surface area (Å²) in [4.78, 5) is 8.55. The van der Waals surface area contributed by atoms with Crippen molar-refractivity contribution in [2.75, 3.05) is 25.0 Å². The van der Waals surface area contributed by atoms with Gasteiger partial charge in [0.2, 0.25) is 0 Å². The summed E-state index contributed by atoms with van der Waals surface area (Å²) < 4.78 is 14.1. The fourth-order valence-corrected chi connectivity index (χ4v) is 4.00. The van der Waals surface area contributed by atoms with Crippen molar-refractivity contribution in [1.82, 2.24) is 20.1 Å². The minimum Gasteiger partial charge on any atom is -0.356 e. The van der Waals surface area contributed by atoms with Crippen LogP contribution in [0.2, 0.25) is 0 Å². The average Bonchev–Trinajstić information content (AvgIpc) is 3.15. The molecule has 1 saturated heterocycles. The zero-order chi connectivity index (χ0) is 18.8. The van der Waals surface area contributed by atoms with Gasteiger partial charge in [0.1, 0.15) is 17.8 Å². The molecule has 2 aromatic rings. The molecular weight excluding hydrogens is 351 g/mol. The molecule has 2 atom stereocenters. The number of nitriles is 1. The van der Waals surface area contributed by atoms with E-state index in [1.54, 1.807) is 11.3 Å². The van der Waals surface area contributed by atoms with Crippen LogP contribution in [0.5, 0.6) is 0 Å². The van der Waals surface area contributed by atoms with Crippen LogP contribution in [0.3, 0.4) is 0 Å². The second-order valence-corrected chi connectivity index (χ2v) is 7.94. The minimum atomic E-state index is -0.839. The number of likely N-dealkylation sites (tertiary alicyclic amines) is 1. The Labute approximate surface area is 157 Å². The zero-order valence-corrected chi connectivity index (χ0v) is 16.3. The van der Waals surface area contributed by atoms with Gasteiger partial charge in [0, 0.05) is 38.1 Å². The number of hydrogen-bond donors (Lipinski definition) is 0. The molecule has 138 valence electrons. The molecule has 0 saturated carbocycles. The predicted molar refractivity (Wildman–Crippen MR) is 100 cm³/mol. The number of halogens is 1. The van der Waals surface area contributed by atoms with Crippen molar-refractivity contribution in [1.29, 1.82) is 5.26 Å². The maximum Gasteiger partial charge on any atom is 0.169 e. The standard InChI is InChI=1S/C18H23FN6S/c1-11-12(2)22-23-18(17(11)6-20)24(4)9-16-5-14(19)7-25(16)8-15-10-26-13(3)21-15/h10,14,16H,5,7-9H2,1-4H3/t14-,16-/m0/s1. The average molecular weight is 374 g/mol. The normalized spacial score (nSPS) is 20.3. The van der Waals surface area contributed by atoms with Gasteiger partial charge in [0.25, 0.3) is 0 Å². The number of aromatic nitrogens is 3. The van der Waals surface area contributed by atoms with E-state index in [2.05, 4.69) is 26.2 Å². The zero-order valence-electron chi connectivity index (χ0n) is 15.5. The van der Waals surface area contributed by atoms with Crippen LogP contribution in [0.1, 0.15) is 33.9 Å². The molecule has 0 N–H and O–H groups in total. The molecule has 0 unspecified atom stereocenters. The molecule has 1 aliphatic rings. The van der Waals surface area contributed by atoms with Gasteiger partial charge in [-0.05, 0) is 32.8 Å². The molecule has 0 aliphatic carbocycles. The summed E-state index contributed by atoms with van der Waals surface area (Å²) in [5.41, 5.74) is 3.12. The van der Waals surface area contributed by atoms with E-state index in [0.29, 0.717) is 37.4 Å². The first-order valence-electron chi connectivity index (χ1n) is 8.63. The molecule has 0 bridgehead atoms. The monoisotopic (exact) mass is 374 g/mol. The lowest BCUT2D eigenvalue weighted by Gasteiger charge is -2.29. The molecule has 0 aromatic carbocycles. The van der Waals surface area contributed by atoms with Gasteiger partial charge in [-0.1, -0.05) is 0 Å². The molecule has 8 heteroatoms. The van der Waals surface area contributed by atoms with Crippen molar-refractivity contribution >= 4 is 17.2 Å². The number of anilines is 1. The van der Waals surface area contributed by atoms with Gasteiger partial charge in [-0.25, -0.2) is 9.37 Å². The van der Waals surface area contributed by atoms with Crippen molar-refractivity contribution < 1.29 is 4.39 Å². The van der Waals surface area contributed by atoms with Crippen molar-refractivity contribution in [3.8, 4) is 6.07 Å². The van der Waals surface area contributed by atoms with Crippen LogP contribution in [0, 0.1) is 32.1 Å². The van der Waals surface area contributed by atoms with Crippen molar-refractivity contribution in [3.63, 3.8) is 0 Å². The Morgan fingerprint density at radius 2 is 2.15 bits per heavy atom. The highest BCUT2D eigenvalue weighted by molar-refractivity contribution is 7.09. The van der Waals surface area contributed by atoms with Gasteiger partial charge < -0.3 is 4.90 Å². The van der Waals surface area contributed by atoms with Crippen LogP contribution < -0.4 is 4.90 Å². The van der Waals surface area contributed by atoms with Crippen LogP contribution in [-0.4, -0.2) is 52.4 Å². The SMILES string of the molecule is Cc1nc(CN2C[C@@H](F)C[C@H]2CN(C)c2nnc(C)c(C)c2C#N)cs1. The van der Waals surface area contributed by atoms with Crippen molar-refractivity contribution in [2.24, 2.45) is 0 Å². The Bertz CT molecular complexity index is 830. The fourth-order valence-electron chi connectivity index (χ4n) is 3.39. The molecule has 26 heavy (non-hydrogen) atoms. The fraction of sp³-hybridized carbons (Fsp3) is 0.556. The molecule has 0 amide bonds. The van der Waals surface area contributed by atoms with E-state index in [9.17, 15) is 9.65 Å². The third kappa shape index (κ3) is 3.84. The Morgan fingerprint density at radius 1 is 1.38 bits per heavy atom. The highest BCUT2D eigenvalue weighted by atomic mass is 32.1. The molecule has 6 nitrogen and oxygen atoms in total. The van der Waals surface area contributed by atoms with Gasteiger partial charge in [0.15, 0.2) is 5.82 Å². The van der Waals surface area contributed by atoms with Gasteiger partial charge in [-0.3, -0.25) is 4.90 Å². The highest BCUT2D eigenvalue weighted by Crippen LogP contribution is 2.26. The molecule has 2 aromatic heterocycles. The van der Waals surface area contributed by atoms with E-state index in [0.717, 1.165) is 22.0 Å². The smallest absolute Gasteiger partial charge is 0.169 e. The van der Waals surface area contributed by atoms with E-state index < -0.39 is 6.17 Å². The van der Waals surface area contributed by atoms with Crippen LogP contribution in [0.25, 0.3) is 0 Å². The lowest BCUT2D eigenvalue weighted by molar-refractivity contribution is 0.235. The first kappa shape index (κ1) is 18.7. The Hall–Kier alpha value is -2.11. The van der Waals surface area contributed by atoms with Crippen LogP contribution >= 0.6 is 11.3 Å². The number of alkyl halides is 1. The lowest BCUT2D eigenvalue weighted by Crippen LogP contribution is -2.39. The van der Waals surface area contributed by atoms with Gasteiger partial charge in [-0.2, -0.15) is 10.4 Å². The third-order valence-corrected chi connectivity index (χ3v) is 5.72. The number of aryl methyl sites for hydroxylation is 2. The molecule has 3 heterocycles. The molecular formula is C18H23FN6S. The minimum absolute atomic E-state index is 0.0481. The second-order valence-electron chi connectivity index (χ2n) is 6.88. The summed E-state index contributed by atoms with van der Waals surface area (Å²) in [7, 11) is 1.89. The van der Waals surface area contributed by atoms with Crippen molar-refractivity contribution in [3.05, 3.63) is 32.9 Å². The number of nitrogens with zero attached hydrogens (tertiary/aromatic N) is 6. The Kier molecular flexibility index (Phi) is 5.49. The largest absolute Gasteiger partial charge is 0.356 e. The summed E-state index contributed by atoms with van der Waals surface area (Å²) in [5, 5.41) is 20.9. The molecule has 1 fully saturated rings. The molecule has 3 rings (SSSR count). The first-order chi connectivity index (χ1) is 12.4. The van der Waals surface area contributed by atoms with Crippen LogP contribution in [0.4, 0.5) is 10.2 Å². The second kappa shape index (κ2) is 7.64. The lowest BCUT2D eigenvalue weighted by atomic mass is 10.1. The maximum absolute atomic E-state index is 14.1. The van der Waals surface area contributed by atoms with Crippen LogP contribution in [0.15, 0.2) is 5.38 Å². The number of thiazole rings is 1. The maximum atomic E-state index is 14.1. The first-order valence-corrected chi connectivity index (χ1v) is 9.51. The predicted octanol–water partition coefficient (Wildman–Crippen LogP) is 2.78. The van der Waals surface area contributed by atoms with E-state index >= 15 is 0 Å². The van der Waals surface area contributed by atoms with Crippen LogP contribution in [-0.2, 0) is 6.54 Å². The molecule has 0 spiro atoms. The van der Waals surface area contributed by atoms with Gasteiger partial charge in [-0.15, -0.1) is 16.4 Å². The number of hydrogen-bond acceptors (Lipinski definition) is 7. The summed E-state index contributed by atoms with van der Waals surface area (Å²) in [6.07, 6.45) is -0.359. The van der Waals surface area contributed by atoms with E-state index in [4.69, 9.17) is 0 Å².